The van der Waals surface area contributed by atoms with Gasteiger partial charge in [0.05, 0.1) is 5.69 Å². The first kappa shape index (κ1) is 13.5. The lowest BCUT2D eigenvalue weighted by Crippen LogP contribution is -1.84. The van der Waals surface area contributed by atoms with Crippen molar-refractivity contribution < 1.29 is 4.39 Å². The second-order valence-corrected chi connectivity index (χ2v) is 6.28. The number of rotatable bonds is 2. The molecule has 20 heavy (non-hydrogen) atoms. The molecule has 4 heteroatoms. The van der Waals surface area contributed by atoms with E-state index in [-0.39, 0.29) is 5.82 Å². The molecule has 0 aliphatic heterocycles. The van der Waals surface area contributed by atoms with Crippen molar-refractivity contribution in [2.75, 3.05) is 0 Å². The van der Waals surface area contributed by atoms with E-state index in [9.17, 15) is 4.39 Å². The maximum absolute atomic E-state index is 13.3. The minimum atomic E-state index is -0.182. The molecule has 0 unspecified atom stereocenters. The maximum atomic E-state index is 13.3. The van der Waals surface area contributed by atoms with Crippen LogP contribution >= 0.6 is 27.3 Å². The Morgan fingerprint density at radius 2 is 1.75 bits per heavy atom. The molecule has 0 amide bonds. The van der Waals surface area contributed by atoms with E-state index in [1.54, 1.807) is 24.3 Å². The van der Waals surface area contributed by atoms with Crippen LogP contribution in [0.25, 0.3) is 21.8 Å². The molecule has 1 aromatic heterocycles. The number of thiazole rings is 1. The number of hydrogen-bond acceptors (Lipinski definition) is 2. The van der Waals surface area contributed by atoms with Gasteiger partial charge in [-0.2, -0.15) is 0 Å². The van der Waals surface area contributed by atoms with Crippen LogP contribution in [0, 0.1) is 12.7 Å². The van der Waals surface area contributed by atoms with Crippen molar-refractivity contribution in [1.29, 1.82) is 0 Å². The standard InChI is InChI=1S/C16H11BrFNS/c1-10-8-12(4-7-14(10)18)16-19-15(9-20-16)11-2-5-13(17)6-3-11/h2-9H,1H3. The van der Waals surface area contributed by atoms with Crippen molar-refractivity contribution in [2.24, 2.45) is 0 Å². The second kappa shape index (κ2) is 5.46. The highest BCUT2D eigenvalue weighted by atomic mass is 79.9. The molecule has 0 atom stereocenters. The van der Waals surface area contributed by atoms with Gasteiger partial charge < -0.3 is 0 Å². The van der Waals surface area contributed by atoms with E-state index in [1.807, 2.05) is 35.7 Å². The molecule has 0 spiro atoms. The molecule has 2 aromatic carbocycles. The summed E-state index contributed by atoms with van der Waals surface area (Å²) in [5.41, 5.74) is 3.62. The van der Waals surface area contributed by atoms with Crippen LogP contribution in [0.4, 0.5) is 4.39 Å². The molecule has 0 N–H and O–H groups in total. The Hall–Kier alpha value is -1.52. The van der Waals surface area contributed by atoms with Gasteiger partial charge in [0.1, 0.15) is 10.8 Å². The Morgan fingerprint density at radius 1 is 1.05 bits per heavy atom. The minimum absolute atomic E-state index is 0.182. The molecule has 1 heterocycles. The molecule has 1 nitrogen and oxygen atoms in total. The van der Waals surface area contributed by atoms with Crippen LogP contribution in [-0.2, 0) is 0 Å². The van der Waals surface area contributed by atoms with Crippen molar-refractivity contribution in [1.82, 2.24) is 4.98 Å². The first-order valence-corrected chi connectivity index (χ1v) is 7.79. The van der Waals surface area contributed by atoms with Gasteiger partial charge in [-0.15, -0.1) is 11.3 Å². The fourth-order valence-electron chi connectivity index (χ4n) is 1.94. The Kier molecular flexibility index (Phi) is 3.68. The summed E-state index contributed by atoms with van der Waals surface area (Å²) >= 11 is 4.99. The Balaban J connectivity index is 1.97. The molecular weight excluding hydrogens is 337 g/mol. The minimum Gasteiger partial charge on any atom is -0.236 e. The molecule has 0 aliphatic carbocycles. The fraction of sp³-hybridized carbons (Fsp3) is 0.0625. The summed E-state index contributed by atoms with van der Waals surface area (Å²) in [6, 6.07) is 13.1. The zero-order valence-electron chi connectivity index (χ0n) is 10.7. The highest BCUT2D eigenvalue weighted by Crippen LogP contribution is 2.30. The first-order chi connectivity index (χ1) is 9.63. The third-order valence-electron chi connectivity index (χ3n) is 3.05. The second-order valence-electron chi connectivity index (χ2n) is 4.51. The Bertz CT molecular complexity index is 749. The predicted octanol–water partition coefficient (Wildman–Crippen LogP) is 5.69. The summed E-state index contributed by atoms with van der Waals surface area (Å²) in [7, 11) is 0. The number of aromatic nitrogens is 1. The van der Waals surface area contributed by atoms with Crippen LogP contribution in [0.2, 0.25) is 0 Å². The van der Waals surface area contributed by atoms with E-state index in [4.69, 9.17) is 0 Å². The zero-order valence-corrected chi connectivity index (χ0v) is 13.1. The van der Waals surface area contributed by atoms with Gasteiger partial charge in [0.2, 0.25) is 0 Å². The number of aryl methyl sites for hydroxylation is 1. The summed E-state index contributed by atoms with van der Waals surface area (Å²) in [5, 5.41) is 2.93. The van der Waals surface area contributed by atoms with Crippen LogP contribution in [0.1, 0.15) is 5.56 Å². The summed E-state index contributed by atoms with van der Waals surface area (Å²) in [6.07, 6.45) is 0. The van der Waals surface area contributed by atoms with Crippen LogP contribution in [-0.4, -0.2) is 4.98 Å². The molecule has 0 saturated carbocycles. The Morgan fingerprint density at radius 3 is 2.45 bits per heavy atom. The van der Waals surface area contributed by atoms with Crippen molar-refractivity contribution >= 4 is 27.3 Å². The maximum Gasteiger partial charge on any atom is 0.126 e. The molecule has 3 rings (SSSR count). The van der Waals surface area contributed by atoms with Crippen molar-refractivity contribution in [3.63, 3.8) is 0 Å². The number of benzene rings is 2. The van der Waals surface area contributed by atoms with Crippen molar-refractivity contribution in [3.05, 3.63) is 63.7 Å². The van der Waals surface area contributed by atoms with Gasteiger partial charge in [0, 0.05) is 21.0 Å². The highest BCUT2D eigenvalue weighted by molar-refractivity contribution is 9.10. The zero-order chi connectivity index (χ0) is 14.1. The van der Waals surface area contributed by atoms with Crippen LogP contribution in [0.5, 0.6) is 0 Å². The Labute approximate surface area is 129 Å². The lowest BCUT2D eigenvalue weighted by molar-refractivity contribution is 0.619. The van der Waals surface area contributed by atoms with E-state index in [0.717, 1.165) is 26.3 Å². The summed E-state index contributed by atoms with van der Waals surface area (Å²) in [5.74, 6) is -0.182. The van der Waals surface area contributed by atoms with Gasteiger partial charge >= 0.3 is 0 Å². The third kappa shape index (κ3) is 2.67. The average molecular weight is 348 g/mol. The molecule has 0 saturated heterocycles. The normalized spacial score (nSPS) is 10.8. The topological polar surface area (TPSA) is 12.9 Å². The molecule has 0 aliphatic rings. The van der Waals surface area contributed by atoms with E-state index in [1.165, 1.54) is 6.07 Å². The van der Waals surface area contributed by atoms with Crippen LogP contribution < -0.4 is 0 Å². The number of nitrogens with zero attached hydrogens (tertiary/aromatic N) is 1. The van der Waals surface area contributed by atoms with Gasteiger partial charge in [0.15, 0.2) is 0 Å². The van der Waals surface area contributed by atoms with E-state index in [2.05, 4.69) is 20.9 Å². The van der Waals surface area contributed by atoms with Gasteiger partial charge in [0.25, 0.3) is 0 Å². The van der Waals surface area contributed by atoms with Crippen LogP contribution in [0.3, 0.4) is 0 Å². The van der Waals surface area contributed by atoms with Gasteiger partial charge in [-0.3, -0.25) is 0 Å². The van der Waals surface area contributed by atoms with Gasteiger partial charge in [-0.1, -0.05) is 28.1 Å². The molecule has 0 fully saturated rings. The highest BCUT2D eigenvalue weighted by Gasteiger charge is 2.08. The lowest BCUT2D eigenvalue weighted by atomic mass is 10.1. The lowest BCUT2D eigenvalue weighted by Gasteiger charge is -2.00. The average Bonchev–Trinajstić information content (AvgIpc) is 2.92. The molecular formula is C16H11BrFNS. The number of hydrogen-bond donors (Lipinski definition) is 0. The van der Waals surface area contributed by atoms with Crippen LogP contribution in [0.15, 0.2) is 52.3 Å². The molecule has 3 aromatic rings. The quantitative estimate of drug-likeness (QED) is 0.580. The smallest absolute Gasteiger partial charge is 0.126 e. The number of halogens is 2. The first-order valence-electron chi connectivity index (χ1n) is 6.11. The summed E-state index contributed by atoms with van der Waals surface area (Å²) in [4.78, 5) is 4.63. The van der Waals surface area contributed by atoms with E-state index < -0.39 is 0 Å². The summed E-state index contributed by atoms with van der Waals surface area (Å²) < 4.78 is 14.3. The molecule has 100 valence electrons. The van der Waals surface area contributed by atoms with Crippen molar-refractivity contribution in [3.8, 4) is 21.8 Å². The predicted molar refractivity (Wildman–Crippen MR) is 85.4 cm³/mol. The van der Waals surface area contributed by atoms with Gasteiger partial charge in [-0.05, 0) is 42.8 Å². The molecule has 0 bridgehead atoms. The third-order valence-corrected chi connectivity index (χ3v) is 4.47. The van der Waals surface area contributed by atoms with Crippen molar-refractivity contribution in [2.45, 2.75) is 6.92 Å². The largest absolute Gasteiger partial charge is 0.236 e. The van der Waals surface area contributed by atoms with Gasteiger partial charge in [-0.25, -0.2) is 9.37 Å². The summed E-state index contributed by atoms with van der Waals surface area (Å²) in [6.45, 7) is 1.77. The fourth-order valence-corrected chi connectivity index (χ4v) is 3.03. The van der Waals surface area contributed by atoms with E-state index >= 15 is 0 Å². The molecule has 0 radical (unpaired) electrons. The SMILES string of the molecule is Cc1cc(-c2nc(-c3ccc(Br)cc3)cs2)ccc1F. The monoisotopic (exact) mass is 347 g/mol. The van der Waals surface area contributed by atoms with E-state index in [0.29, 0.717) is 5.56 Å².